The number of nitrogens with zero attached hydrogens (tertiary/aromatic N) is 2. The topological polar surface area (TPSA) is 72.3 Å². The van der Waals surface area contributed by atoms with Crippen LogP contribution >= 0.6 is 0 Å². The van der Waals surface area contributed by atoms with E-state index in [-0.39, 0.29) is 11.4 Å². The molecule has 0 atom stereocenters. The Labute approximate surface area is 120 Å². The van der Waals surface area contributed by atoms with Crippen molar-refractivity contribution in [2.24, 2.45) is 0 Å². The molecule has 0 fully saturated rings. The lowest BCUT2D eigenvalue weighted by molar-refractivity contribution is 0.0698. The molecule has 3 aromatic rings. The minimum absolute atomic E-state index is 0.163. The van der Waals surface area contributed by atoms with Gasteiger partial charge in [-0.05, 0) is 25.1 Å². The maximum Gasteiger partial charge on any atom is 0.336 e. The van der Waals surface area contributed by atoms with E-state index in [2.05, 4.69) is 9.97 Å². The summed E-state index contributed by atoms with van der Waals surface area (Å²) in [5, 5.41) is 9.90. The summed E-state index contributed by atoms with van der Waals surface area (Å²) in [5.41, 5.74) is 1.61. The predicted molar refractivity (Wildman–Crippen MR) is 77.8 cm³/mol. The van der Waals surface area contributed by atoms with Crippen LogP contribution in [0.5, 0.6) is 11.6 Å². The highest BCUT2D eigenvalue weighted by molar-refractivity contribution is 6.02. The fraction of sp³-hybridized carbons (Fsp3) is 0.0625. The molecule has 5 heteroatoms. The number of para-hydroxylation sites is 1. The average molecular weight is 280 g/mol. The van der Waals surface area contributed by atoms with E-state index >= 15 is 0 Å². The molecule has 0 spiro atoms. The highest BCUT2D eigenvalue weighted by Gasteiger charge is 2.12. The lowest BCUT2D eigenvalue weighted by Crippen LogP contribution is -2.00. The number of benzene rings is 1. The highest BCUT2D eigenvalue weighted by atomic mass is 16.5. The molecule has 21 heavy (non-hydrogen) atoms. The van der Waals surface area contributed by atoms with E-state index in [1.165, 1.54) is 6.07 Å². The minimum atomic E-state index is -1.01. The van der Waals surface area contributed by atoms with Crippen LogP contribution in [0.15, 0.2) is 48.7 Å². The number of fused-ring (bicyclic) bond motifs is 1. The van der Waals surface area contributed by atoms with Crippen LogP contribution in [0.1, 0.15) is 16.1 Å². The molecule has 0 aliphatic rings. The van der Waals surface area contributed by atoms with Crippen molar-refractivity contribution < 1.29 is 14.6 Å². The van der Waals surface area contributed by atoms with Crippen molar-refractivity contribution in [3.63, 3.8) is 0 Å². The lowest BCUT2D eigenvalue weighted by Gasteiger charge is -2.08. The molecule has 0 bridgehead atoms. The summed E-state index contributed by atoms with van der Waals surface area (Å²) in [7, 11) is 0. The molecule has 0 aliphatic carbocycles. The van der Waals surface area contributed by atoms with Gasteiger partial charge in [0.2, 0.25) is 5.88 Å². The summed E-state index contributed by atoms with van der Waals surface area (Å²) in [6.07, 6.45) is 1.58. The largest absolute Gasteiger partial charge is 0.478 e. The third-order valence-electron chi connectivity index (χ3n) is 3.03. The number of rotatable bonds is 3. The molecular weight excluding hydrogens is 268 g/mol. The highest BCUT2D eigenvalue weighted by Crippen LogP contribution is 2.25. The number of carbonyl (C=O) groups is 1. The Morgan fingerprint density at radius 2 is 2.00 bits per heavy atom. The molecule has 1 N–H and O–H groups in total. The van der Waals surface area contributed by atoms with Gasteiger partial charge in [-0.15, -0.1) is 0 Å². The molecule has 0 unspecified atom stereocenters. The Morgan fingerprint density at radius 3 is 2.71 bits per heavy atom. The van der Waals surface area contributed by atoms with Crippen molar-refractivity contribution >= 4 is 16.9 Å². The standard InChI is InChI=1S/C16H12N2O3/c1-10-6-7-11(9-17-10)21-15-8-13(16(19)20)12-4-2-3-5-14(12)18-15/h2-9H,1H3,(H,19,20). The van der Waals surface area contributed by atoms with Crippen molar-refractivity contribution in [3.8, 4) is 11.6 Å². The van der Waals surface area contributed by atoms with Gasteiger partial charge in [0.25, 0.3) is 0 Å². The number of aromatic nitrogens is 2. The molecule has 3 rings (SSSR count). The molecule has 5 nitrogen and oxygen atoms in total. The molecule has 1 aromatic carbocycles. The fourth-order valence-corrected chi connectivity index (χ4v) is 2.02. The average Bonchev–Trinajstić information content (AvgIpc) is 2.48. The number of carboxylic acid groups (broad SMARTS) is 1. The number of aromatic carboxylic acids is 1. The van der Waals surface area contributed by atoms with E-state index in [1.54, 1.807) is 36.5 Å². The van der Waals surface area contributed by atoms with Gasteiger partial charge in [0.15, 0.2) is 0 Å². The van der Waals surface area contributed by atoms with Crippen molar-refractivity contribution in [3.05, 3.63) is 59.9 Å². The summed E-state index contributed by atoms with van der Waals surface area (Å²) in [4.78, 5) is 19.8. The molecule has 2 aromatic heterocycles. The van der Waals surface area contributed by atoms with E-state index < -0.39 is 5.97 Å². The van der Waals surface area contributed by atoms with Crippen molar-refractivity contribution in [2.75, 3.05) is 0 Å². The molecule has 0 saturated carbocycles. The number of pyridine rings is 2. The number of ether oxygens (including phenoxy) is 1. The van der Waals surface area contributed by atoms with E-state index in [1.807, 2.05) is 13.0 Å². The number of hydrogen-bond donors (Lipinski definition) is 1. The van der Waals surface area contributed by atoms with E-state index in [4.69, 9.17) is 4.74 Å². The van der Waals surface area contributed by atoms with Crippen LogP contribution in [-0.4, -0.2) is 21.0 Å². The molecule has 0 saturated heterocycles. The number of aryl methyl sites for hydroxylation is 1. The Morgan fingerprint density at radius 1 is 1.19 bits per heavy atom. The second kappa shape index (κ2) is 5.20. The van der Waals surface area contributed by atoms with Gasteiger partial charge in [0.1, 0.15) is 5.75 Å². The first-order valence-corrected chi connectivity index (χ1v) is 6.37. The summed E-state index contributed by atoms with van der Waals surface area (Å²) in [6, 6.07) is 12.1. The van der Waals surface area contributed by atoms with Gasteiger partial charge >= 0.3 is 5.97 Å². The van der Waals surface area contributed by atoms with Crippen LogP contribution in [0.3, 0.4) is 0 Å². The first kappa shape index (κ1) is 13.1. The second-order valence-corrected chi connectivity index (χ2v) is 4.57. The summed E-state index contributed by atoms with van der Waals surface area (Å²) >= 11 is 0. The predicted octanol–water partition coefficient (Wildman–Crippen LogP) is 3.43. The first-order chi connectivity index (χ1) is 10.1. The maximum absolute atomic E-state index is 11.4. The molecule has 0 aliphatic heterocycles. The third-order valence-corrected chi connectivity index (χ3v) is 3.03. The SMILES string of the molecule is Cc1ccc(Oc2cc(C(=O)O)c3ccccc3n2)cn1. The molecular formula is C16H12N2O3. The van der Waals surface area contributed by atoms with Gasteiger partial charge in [-0.3, -0.25) is 4.98 Å². The van der Waals surface area contributed by atoms with Gasteiger partial charge in [-0.2, -0.15) is 0 Å². The maximum atomic E-state index is 11.4. The van der Waals surface area contributed by atoms with Crippen molar-refractivity contribution in [2.45, 2.75) is 6.92 Å². The zero-order chi connectivity index (χ0) is 14.8. The summed E-state index contributed by atoms with van der Waals surface area (Å²) in [6.45, 7) is 1.88. The Hall–Kier alpha value is -2.95. The fourth-order valence-electron chi connectivity index (χ4n) is 2.02. The van der Waals surface area contributed by atoms with Crippen molar-refractivity contribution in [1.29, 1.82) is 0 Å². The summed E-state index contributed by atoms with van der Waals surface area (Å²) in [5.74, 6) is -0.267. The lowest BCUT2D eigenvalue weighted by atomic mass is 10.1. The smallest absolute Gasteiger partial charge is 0.336 e. The van der Waals surface area contributed by atoms with Crippen LogP contribution in [0.4, 0.5) is 0 Å². The normalized spacial score (nSPS) is 10.5. The van der Waals surface area contributed by atoms with Crippen LogP contribution in [0.25, 0.3) is 10.9 Å². The van der Waals surface area contributed by atoms with Crippen LogP contribution in [0.2, 0.25) is 0 Å². The van der Waals surface area contributed by atoms with Gasteiger partial charge in [0.05, 0.1) is 17.3 Å². The van der Waals surface area contributed by atoms with Crippen LogP contribution < -0.4 is 4.74 Å². The Kier molecular flexibility index (Phi) is 3.23. The molecule has 2 heterocycles. The number of carboxylic acids is 1. The van der Waals surface area contributed by atoms with Crippen LogP contribution in [-0.2, 0) is 0 Å². The zero-order valence-corrected chi connectivity index (χ0v) is 11.3. The first-order valence-electron chi connectivity index (χ1n) is 6.37. The van der Waals surface area contributed by atoms with Gasteiger partial charge < -0.3 is 9.84 Å². The monoisotopic (exact) mass is 280 g/mol. The van der Waals surface area contributed by atoms with Gasteiger partial charge in [-0.1, -0.05) is 18.2 Å². The van der Waals surface area contributed by atoms with Crippen molar-refractivity contribution in [1.82, 2.24) is 9.97 Å². The van der Waals surface area contributed by atoms with E-state index in [9.17, 15) is 9.90 Å². The quantitative estimate of drug-likeness (QED) is 0.795. The number of hydrogen-bond acceptors (Lipinski definition) is 4. The second-order valence-electron chi connectivity index (χ2n) is 4.57. The van der Waals surface area contributed by atoms with Gasteiger partial charge in [0, 0.05) is 17.1 Å². The third kappa shape index (κ3) is 2.67. The van der Waals surface area contributed by atoms with E-state index in [0.29, 0.717) is 16.7 Å². The molecule has 0 amide bonds. The Bertz CT molecular complexity index is 813. The Balaban J connectivity index is 2.06. The van der Waals surface area contributed by atoms with E-state index in [0.717, 1.165) is 5.69 Å². The minimum Gasteiger partial charge on any atom is -0.478 e. The summed E-state index contributed by atoms with van der Waals surface area (Å²) < 4.78 is 5.60. The van der Waals surface area contributed by atoms with Gasteiger partial charge in [-0.25, -0.2) is 9.78 Å². The zero-order valence-electron chi connectivity index (χ0n) is 11.3. The molecule has 0 radical (unpaired) electrons. The van der Waals surface area contributed by atoms with Crippen LogP contribution in [0, 0.1) is 6.92 Å². The molecule has 104 valence electrons.